The van der Waals surface area contributed by atoms with E-state index in [1.54, 1.807) is 12.3 Å². The predicted octanol–water partition coefficient (Wildman–Crippen LogP) is 2.53. The number of pyridine rings is 1. The zero-order valence-electron chi connectivity index (χ0n) is 9.36. The van der Waals surface area contributed by atoms with Gasteiger partial charge >= 0.3 is 0 Å². The van der Waals surface area contributed by atoms with E-state index < -0.39 is 0 Å². The zero-order chi connectivity index (χ0) is 11.4. The third-order valence-electron chi connectivity index (χ3n) is 2.69. The molecule has 0 fully saturated rings. The molecule has 1 aromatic heterocycles. The molecule has 0 aliphatic rings. The van der Waals surface area contributed by atoms with Gasteiger partial charge in [0, 0.05) is 12.3 Å². The quantitative estimate of drug-likeness (QED) is 0.835. The first-order chi connectivity index (χ1) is 7.78. The van der Waals surface area contributed by atoms with E-state index in [0.29, 0.717) is 0 Å². The van der Waals surface area contributed by atoms with E-state index in [0.717, 1.165) is 18.4 Å². The number of rotatable bonds is 3. The minimum atomic E-state index is -0.0509. The number of hydrogen-bond acceptors (Lipinski definition) is 1. The van der Waals surface area contributed by atoms with Gasteiger partial charge < -0.3 is 4.98 Å². The summed E-state index contributed by atoms with van der Waals surface area (Å²) in [5.74, 6) is 0. The van der Waals surface area contributed by atoms with Crippen molar-refractivity contribution in [1.29, 1.82) is 0 Å². The molecular formula is C14H15NO. The summed E-state index contributed by atoms with van der Waals surface area (Å²) in [7, 11) is 0. The molecule has 0 aliphatic carbocycles. The SMILES string of the molecule is CCc1ccc(Cc2ccc(=O)[nH]c2)cc1. The third kappa shape index (κ3) is 2.60. The van der Waals surface area contributed by atoms with Crippen LogP contribution in [0.4, 0.5) is 0 Å². The molecular weight excluding hydrogens is 198 g/mol. The highest BCUT2D eigenvalue weighted by Gasteiger charge is 1.96. The topological polar surface area (TPSA) is 32.9 Å². The number of aromatic amines is 1. The zero-order valence-corrected chi connectivity index (χ0v) is 9.36. The Morgan fingerprint density at radius 3 is 2.12 bits per heavy atom. The van der Waals surface area contributed by atoms with Gasteiger partial charge in [0.1, 0.15) is 0 Å². The Balaban J connectivity index is 2.14. The molecule has 16 heavy (non-hydrogen) atoms. The lowest BCUT2D eigenvalue weighted by Gasteiger charge is -2.02. The third-order valence-corrected chi connectivity index (χ3v) is 2.69. The maximum atomic E-state index is 10.9. The maximum absolute atomic E-state index is 10.9. The van der Waals surface area contributed by atoms with Crippen molar-refractivity contribution in [3.63, 3.8) is 0 Å². The molecule has 1 aromatic carbocycles. The minimum Gasteiger partial charge on any atom is -0.329 e. The molecule has 0 spiro atoms. The molecule has 1 heterocycles. The van der Waals surface area contributed by atoms with E-state index in [-0.39, 0.29) is 5.56 Å². The molecule has 0 atom stereocenters. The van der Waals surface area contributed by atoms with E-state index >= 15 is 0 Å². The summed E-state index contributed by atoms with van der Waals surface area (Å²) in [6.07, 6.45) is 3.70. The van der Waals surface area contributed by atoms with Crippen molar-refractivity contribution in [3.05, 3.63) is 69.6 Å². The first-order valence-corrected chi connectivity index (χ1v) is 5.53. The monoisotopic (exact) mass is 213 g/mol. The fourth-order valence-corrected chi connectivity index (χ4v) is 1.68. The van der Waals surface area contributed by atoms with Crippen molar-refractivity contribution in [2.24, 2.45) is 0 Å². The molecule has 2 heteroatoms. The molecule has 0 aliphatic heterocycles. The molecule has 2 aromatic rings. The average Bonchev–Trinajstić information content (AvgIpc) is 2.33. The van der Waals surface area contributed by atoms with Gasteiger partial charge in [-0.25, -0.2) is 0 Å². The molecule has 0 bridgehead atoms. The van der Waals surface area contributed by atoms with Gasteiger partial charge in [0.05, 0.1) is 0 Å². The predicted molar refractivity (Wildman–Crippen MR) is 65.7 cm³/mol. The van der Waals surface area contributed by atoms with E-state index in [4.69, 9.17) is 0 Å². The Morgan fingerprint density at radius 1 is 0.938 bits per heavy atom. The summed E-state index contributed by atoms with van der Waals surface area (Å²) in [6, 6.07) is 12.0. The summed E-state index contributed by atoms with van der Waals surface area (Å²) in [6.45, 7) is 2.15. The normalized spacial score (nSPS) is 10.3. The van der Waals surface area contributed by atoms with Crippen molar-refractivity contribution in [2.75, 3.05) is 0 Å². The Hall–Kier alpha value is -1.83. The number of aromatic nitrogens is 1. The Labute approximate surface area is 95.0 Å². The molecule has 82 valence electrons. The molecule has 0 unspecified atom stereocenters. The van der Waals surface area contributed by atoms with Crippen molar-refractivity contribution in [2.45, 2.75) is 19.8 Å². The minimum absolute atomic E-state index is 0.0509. The molecule has 0 radical (unpaired) electrons. The second-order valence-electron chi connectivity index (χ2n) is 3.91. The summed E-state index contributed by atoms with van der Waals surface area (Å²) >= 11 is 0. The summed E-state index contributed by atoms with van der Waals surface area (Å²) in [4.78, 5) is 13.6. The molecule has 1 N–H and O–H groups in total. The highest BCUT2D eigenvalue weighted by Crippen LogP contribution is 2.09. The van der Waals surface area contributed by atoms with E-state index in [1.807, 2.05) is 6.07 Å². The van der Waals surface area contributed by atoms with Crippen LogP contribution in [0, 0.1) is 0 Å². The van der Waals surface area contributed by atoms with Gasteiger partial charge in [0.25, 0.3) is 0 Å². The molecule has 0 saturated heterocycles. The molecule has 2 rings (SSSR count). The van der Waals surface area contributed by atoms with Crippen LogP contribution in [0.15, 0.2) is 47.4 Å². The smallest absolute Gasteiger partial charge is 0.247 e. The fraction of sp³-hybridized carbons (Fsp3) is 0.214. The number of aryl methyl sites for hydroxylation is 1. The Kier molecular flexibility index (Phi) is 3.20. The summed E-state index contributed by atoms with van der Waals surface area (Å²) in [5, 5.41) is 0. The van der Waals surface area contributed by atoms with Gasteiger partial charge in [-0.05, 0) is 29.5 Å². The first kappa shape index (κ1) is 10.7. The van der Waals surface area contributed by atoms with E-state index in [1.165, 1.54) is 11.1 Å². The highest BCUT2D eigenvalue weighted by atomic mass is 16.1. The van der Waals surface area contributed by atoms with E-state index in [9.17, 15) is 4.79 Å². The Morgan fingerprint density at radius 2 is 1.56 bits per heavy atom. The van der Waals surface area contributed by atoms with Crippen molar-refractivity contribution < 1.29 is 0 Å². The number of hydrogen-bond donors (Lipinski definition) is 1. The second kappa shape index (κ2) is 4.79. The second-order valence-corrected chi connectivity index (χ2v) is 3.91. The van der Waals surface area contributed by atoms with Crippen molar-refractivity contribution >= 4 is 0 Å². The lowest BCUT2D eigenvalue weighted by Crippen LogP contribution is -2.03. The van der Waals surface area contributed by atoms with Crippen LogP contribution in [0.25, 0.3) is 0 Å². The van der Waals surface area contributed by atoms with Gasteiger partial charge in [0.2, 0.25) is 5.56 Å². The van der Waals surface area contributed by atoms with Gasteiger partial charge in [0.15, 0.2) is 0 Å². The molecule has 0 amide bonds. The van der Waals surface area contributed by atoms with Crippen molar-refractivity contribution in [1.82, 2.24) is 4.98 Å². The van der Waals surface area contributed by atoms with Crippen LogP contribution in [0.1, 0.15) is 23.6 Å². The summed E-state index contributed by atoms with van der Waals surface area (Å²) < 4.78 is 0. The van der Waals surface area contributed by atoms with Gasteiger partial charge in [-0.1, -0.05) is 37.3 Å². The lowest BCUT2D eigenvalue weighted by atomic mass is 10.0. The highest BCUT2D eigenvalue weighted by molar-refractivity contribution is 5.27. The number of benzene rings is 1. The van der Waals surface area contributed by atoms with Crippen LogP contribution in [0.5, 0.6) is 0 Å². The van der Waals surface area contributed by atoms with Crippen LogP contribution < -0.4 is 5.56 Å². The van der Waals surface area contributed by atoms with Gasteiger partial charge in [-0.2, -0.15) is 0 Å². The van der Waals surface area contributed by atoms with Gasteiger partial charge in [-0.3, -0.25) is 4.79 Å². The fourth-order valence-electron chi connectivity index (χ4n) is 1.68. The molecule has 0 saturated carbocycles. The summed E-state index contributed by atoms with van der Waals surface area (Å²) in [5.41, 5.74) is 3.70. The number of H-pyrrole nitrogens is 1. The standard InChI is InChI=1S/C14H15NO/c1-2-11-3-5-12(6-4-11)9-13-7-8-14(16)15-10-13/h3-8,10H,2,9H2,1H3,(H,15,16). The van der Waals surface area contributed by atoms with Crippen LogP contribution in [-0.4, -0.2) is 4.98 Å². The maximum Gasteiger partial charge on any atom is 0.247 e. The van der Waals surface area contributed by atoms with Crippen LogP contribution in [-0.2, 0) is 12.8 Å². The first-order valence-electron chi connectivity index (χ1n) is 5.53. The van der Waals surface area contributed by atoms with Crippen LogP contribution in [0.3, 0.4) is 0 Å². The largest absolute Gasteiger partial charge is 0.329 e. The van der Waals surface area contributed by atoms with Crippen molar-refractivity contribution in [3.8, 4) is 0 Å². The van der Waals surface area contributed by atoms with E-state index in [2.05, 4.69) is 36.2 Å². The Bertz CT molecular complexity index is 491. The van der Waals surface area contributed by atoms with Gasteiger partial charge in [-0.15, -0.1) is 0 Å². The van der Waals surface area contributed by atoms with Crippen LogP contribution >= 0.6 is 0 Å². The molecule has 2 nitrogen and oxygen atoms in total. The lowest BCUT2D eigenvalue weighted by molar-refractivity contribution is 1.10. The number of nitrogens with one attached hydrogen (secondary N) is 1. The van der Waals surface area contributed by atoms with Crippen LogP contribution in [0.2, 0.25) is 0 Å². The average molecular weight is 213 g/mol.